The average molecular weight is 251 g/mol. The third-order valence-corrected chi connectivity index (χ3v) is 2.84. The molecule has 0 N–H and O–H groups in total. The molecule has 0 unspecified atom stereocenters. The summed E-state index contributed by atoms with van der Waals surface area (Å²) in [4.78, 5) is 0. The smallest absolute Gasteiger partial charge is 0.183 e. The standard InChI is InChI=1S/C9H19BrOSi/c1-9(10)7-5-6-8-11-12(2,3)4/h1,5-8H2,2-4H3. The Bertz CT molecular complexity index is 140. The maximum atomic E-state index is 5.71. The second kappa shape index (κ2) is 5.94. The van der Waals surface area contributed by atoms with Crippen molar-refractivity contribution in [3.63, 3.8) is 0 Å². The molecule has 0 fully saturated rings. The fraction of sp³-hybridized carbons (Fsp3) is 0.778. The van der Waals surface area contributed by atoms with Crippen LogP contribution in [0.4, 0.5) is 0 Å². The zero-order valence-electron chi connectivity index (χ0n) is 8.32. The highest BCUT2D eigenvalue weighted by Crippen LogP contribution is 2.12. The summed E-state index contributed by atoms with van der Waals surface area (Å²) in [6.07, 6.45) is 3.39. The first-order valence-electron chi connectivity index (χ1n) is 4.39. The van der Waals surface area contributed by atoms with Gasteiger partial charge in [0.25, 0.3) is 0 Å². The predicted octanol–water partition coefficient (Wildman–Crippen LogP) is 3.92. The number of hydrogen-bond donors (Lipinski definition) is 0. The third kappa shape index (κ3) is 10.4. The lowest BCUT2D eigenvalue weighted by atomic mass is 10.2. The lowest BCUT2D eigenvalue weighted by molar-refractivity contribution is 0.301. The van der Waals surface area contributed by atoms with Gasteiger partial charge in [-0.25, -0.2) is 0 Å². The first-order valence-corrected chi connectivity index (χ1v) is 8.59. The minimum absolute atomic E-state index is 0.913. The molecule has 3 heteroatoms. The number of hydrogen-bond acceptors (Lipinski definition) is 1. The highest BCUT2D eigenvalue weighted by molar-refractivity contribution is 9.11. The molecule has 0 aliphatic heterocycles. The molecule has 0 aliphatic rings. The molecule has 0 saturated carbocycles. The Morgan fingerprint density at radius 1 is 1.33 bits per heavy atom. The quantitative estimate of drug-likeness (QED) is 0.513. The topological polar surface area (TPSA) is 9.23 Å². The molecule has 0 amide bonds. The molecular weight excluding hydrogens is 232 g/mol. The second-order valence-corrected chi connectivity index (χ2v) is 9.57. The van der Waals surface area contributed by atoms with Crippen LogP contribution in [0.2, 0.25) is 19.6 Å². The Labute approximate surface area is 85.5 Å². The van der Waals surface area contributed by atoms with Crippen LogP contribution in [0.3, 0.4) is 0 Å². The van der Waals surface area contributed by atoms with E-state index < -0.39 is 8.32 Å². The van der Waals surface area contributed by atoms with Crippen LogP contribution >= 0.6 is 15.9 Å². The average Bonchev–Trinajstić information content (AvgIpc) is 1.83. The van der Waals surface area contributed by atoms with Crippen molar-refractivity contribution >= 4 is 24.2 Å². The van der Waals surface area contributed by atoms with Gasteiger partial charge in [0.15, 0.2) is 8.32 Å². The minimum Gasteiger partial charge on any atom is -0.418 e. The summed E-state index contributed by atoms with van der Waals surface area (Å²) in [5, 5.41) is 0. The molecule has 0 aromatic heterocycles. The van der Waals surface area contributed by atoms with Crippen LogP contribution in [-0.4, -0.2) is 14.9 Å². The fourth-order valence-electron chi connectivity index (χ4n) is 0.797. The lowest BCUT2D eigenvalue weighted by Crippen LogP contribution is -2.25. The largest absolute Gasteiger partial charge is 0.418 e. The van der Waals surface area contributed by atoms with Crippen molar-refractivity contribution in [1.82, 2.24) is 0 Å². The zero-order valence-corrected chi connectivity index (χ0v) is 10.9. The van der Waals surface area contributed by atoms with E-state index in [0.717, 1.165) is 23.9 Å². The summed E-state index contributed by atoms with van der Waals surface area (Å²) < 4.78 is 6.80. The first kappa shape index (κ1) is 12.4. The number of halogens is 1. The van der Waals surface area contributed by atoms with Gasteiger partial charge in [-0.2, -0.15) is 0 Å². The van der Waals surface area contributed by atoms with Crippen molar-refractivity contribution < 1.29 is 4.43 Å². The van der Waals surface area contributed by atoms with Gasteiger partial charge in [0, 0.05) is 6.61 Å². The van der Waals surface area contributed by atoms with Crippen molar-refractivity contribution in [3.05, 3.63) is 11.1 Å². The molecule has 0 saturated heterocycles. The minimum atomic E-state index is -1.27. The van der Waals surface area contributed by atoms with Gasteiger partial charge in [0.05, 0.1) is 0 Å². The molecule has 72 valence electrons. The predicted molar refractivity (Wildman–Crippen MR) is 61.2 cm³/mol. The van der Waals surface area contributed by atoms with E-state index in [-0.39, 0.29) is 0 Å². The summed E-state index contributed by atoms with van der Waals surface area (Å²) in [7, 11) is -1.27. The van der Waals surface area contributed by atoms with Gasteiger partial charge in [-0.15, -0.1) is 0 Å². The molecule has 12 heavy (non-hydrogen) atoms. The van der Waals surface area contributed by atoms with Crippen LogP contribution in [0.5, 0.6) is 0 Å². The molecule has 0 bridgehead atoms. The summed E-state index contributed by atoms with van der Waals surface area (Å²) in [5.41, 5.74) is 0. The van der Waals surface area contributed by atoms with Crippen LogP contribution < -0.4 is 0 Å². The monoisotopic (exact) mass is 250 g/mol. The maximum Gasteiger partial charge on any atom is 0.183 e. The highest BCUT2D eigenvalue weighted by Gasteiger charge is 2.12. The van der Waals surface area contributed by atoms with Crippen molar-refractivity contribution in [2.75, 3.05) is 6.61 Å². The molecule has 0 heterocycles. The second-order valence-electron chi connectivity index (χ2n) is 3.94. The Morgan fingerprint density at radius 3 is 2.33 bits per heavy atom. The van der Waals surface area contributed by atoms with E-state index >= 15 is 0 Å². The molecule has 1 nitrogen and oxygen atoms in total. The summed E-state index contributed by atoms with van der Waals surface area (Å²) >= 11 is 3.34. The van der Waals surface area contributed by atoms with Gasteiger partial charge >= 0.3 is 0 Å². The highest BCUT2D eigenvalue weighted by atomic mass is 79.9. The zero-order chi connectivity index (χ0) is 9.61. The van der Waals surface area contributed by atoms with Crippen molar-refractivity contribution in [2.24, 2.45) is 0 Å². The van der Waals surface area contributed by atoms with E-state index in [1.54, 1.807) is 0 Å². The number of unbranched alkanes of at least 4 members (excludes halogenated alkanes) is 1. The molecule has 0 aromatic carbocycles. The molecule has 0 aliphatic carbocycles. The maximum absolute atomic E-state index is 5.71. The van der Waals surface area contributed by atoms with Gasteiger partial charge in [-0.1, -0.05) is 22.5 Å². The van der Waals surface area contributed by atoms with Crippen molar-refractivity contribution in [2.45, 2.75) is 38.9 Å². The van der Waals surface area contributed by atoms with Crippen molar-refractivity contribution in [3.8, 4) is 0 Å². The van der Waals surface area contributed by atoms with Gasteiger partial charge in [0.1, 0.15) is 0 Å². The van der Waals surface area contributed by atoms with Gasteiger partial charge in [0.2, 0.25) is 0 Å². The summed E-state index contributed by atoms with van der Waals surface area (Å²) in [6, 6.07) is 0. The van der Waals surface area contributed by atoms with E-state index in [2.05, 4.69) is 42.1 Å². The van der Waals surface area contributed by atoms with Gasteiger partial charge < -0.3 is 4.43 Å². The van der Waals surface area contributed by atoms with Crippen LogP contribution in [-0.2, 0) is 4.43 Å². The Morgan fingerprint density at radius 2 is 1.92 bits per heavy atom. The lowest BCUT2D eigenvalue weighted by Gasteiger charge is -2.16. The van der Waals surface area contributed by atoms with Crippen LogP contribution in [0, 0.1) is 0 Å². The fourth-order valence-corrected chi connectivity index (χ4v) is 1.83. The van der Waals surface area contributed by atoms with Crippen molar-refractivity contribution in [1.29, 1.82) is 0 Å². The van der Waals surface area contributed by atoms with E-state index in [9.17, 15) is 0 Å². The van der Waals surface area contributed by atoms with Gasteiger partial charge in [-0.05, 0) is 43.4 Å². The molecular formula is C9H19BrOSi. The Hall–Kier alpha value is 0.397. The third-order valence-electron chi connectivity index (χ3n) is 1.38. The Balaban J connectivity index is 3.17. The number of rotatable bonds is 6. The summed E-state index contributed by atoms with van der Waals surface area (Å²) in [5.74, 6) is 0. The SMILES string of the molecule is C=C(Br)CCCCO[Si](C)(C)C. The molecule has 0 rings (SSSR count). The van der Waals surface area contributed by atoms with E-state index in [1.807, 2.05) is 0 Å². The van der Waals surface area contributed by atoms with E-state index in [1.165, 1.54) is 6.42 Å². The summed E-state index contributed by atoms with van der Waals surface area (Å²) in [6.45, 7) is 11.4. The van der Waals surface area contributed by atoms with Crippen LogP contribution in [0.1, 0.15) is 19.3 Å². The first-order chi connectivity index (χ1) is 5.42. The van der Waals surface area contributed by atoms with Gasteiger partial charge in [-0.3, -0.25) is 0 Å². The number of allylic oxidation sites excluding steroid dienone is 1. The van der Waals surface area contributed by atoms with Crippen LogP contribution in [0.25, 0.3) is 0 Å². The molecule has 0 aromatic rings. The molecule has 0 radical (unpaired) electrons. The normalized spacial score (nSPS) is 11.7. The van der Waals surface area contributed by atoms with E-state index in [0.29, 0.717) is 0 Å². The molecule has 0 atom stereocenters. The Kier molecular flexibility index (Phi) is 6.14. The molecule has 0 spiro atoms. The van der Waals surface area contributed by atoms with E-state index in [4.69, 9.17) is 4.43 Å². The van der Waals surface area contributed by atoms with Crippen LogP contribution in [0.15, 0.2) is 11.1 Å².